The summed E-state index contributed by atoms with van der Waals surface area (Å²) in [6, 6.07) is 0. The molecule has 0 aromatic rings. The van der Waals surface area contributed by atoms with Crippen molar-refractivity contribution < 1.29 is 29.3 Å². The fourth-order valence-electron chi connectivity index (χ4n) is 2.29. The third kappa shape index (κ3) is 1.70. The summed E-state index contributed by atoms with van der Waals surface area (Å²) in [4.78, 5) is 21.8. The van der Waals surface area contributed by atoms with E-state index < -0.39 is 29.6 Å². The molecule has 0 radical (unpaired) electrons. The van der Waals surface area contributed by atoms with Crippen LogP contribution in [0.25, 0.3) is 0 Å². The first-order chi connectivity index (χ1) is 7.04. The molecule has 2 aliphatic rings. The van der Waals surface area contributed by atoms with Crippen molar-refractivity contribution in [3.63, 3.8) is 0 Å². The molecule has 1 saturated carbocycles. The largest absolute Gasteiger partial charge is 0.481 e. The molecule has 6 heteroatoms. The SMILES string of the molecule is O=C(O)[C@H]1CC2(C[C@H]1C(=O)O)OCCO2. The van der Waals surface area contributed by atoms with Crippen molar-refractivity contribution in [3.05, 3.63) is 0 Å². The number of hydrogen-bond donors (Lipinski definition) is 2. The Morgan fingerprint density at radius 3 is 1.73 bits per heavy atom. The maximum absolute atomic E-state index is 10.9. The summed E-state index contributed by atoms with van der Waals surface area (Å²) < 4.78 is 10.6. The second-order valence-corrected chi connectivity index (χ2v) is 3.91. The smallest absolute Gasteiger partial charge is 0.307 e. The normalized spacial score (nSPS) is 33.3. The predicted molar refractivity (Wildman–Crippen MR) is 46.1 cm³/mol. The first-order valence-corrected chi connectivity index (χ1v) is 4.78. The molecule has 0 aromatic carbocycles. The lowest BCUT2D eigenvalue weighted by Gasteiger charge is -2.20. The summed E-state index contributed by atoms with van der Waals surface area (Å²) in [5.41, 5.74) is 0. The van der Waals surface area contributed by atoms with Gasteiger partial charge in [0.2, 0.25) is 0 Å². The minimum Gasteiger partial charge on any atom is -0.481 e. The molecule has 2 atom stereocenters. The first-order valence-electron chi connectivity index (χ1n) is 4.78. The molecule has 0 unspecified atom stereocenters. The van der Waals surface area contributed by atoms with Gasteiger partial charge in [-0.25, -0.2) is 0 Å². The van der Waals surface area contributed by atoms with Crippen LogP contribution in [0.3, 0.4) is 0 Å². The third-order valence-electron chi connectivity index (χ3n) is 3.00. The lowest BCUT2D eigenvalue weighted by Crippen LogP contribution is -2.27. The van der Waals surface area contributed by atoms with Gasteiger partial charge in [-0.3, -0.25) is 9.59 Å². The Morgan fingerprint density at radius 2 is 1.40 bits per heavy atom. The van der Waals surface area contributed by atoms with Crippen LogP contribution in [0.5, 0.6) is 0 Å². The quantitative estimate of drug-likeness (QED) is 0.670. The second kappa shape index (κ2) is 3.46. The summed E-state index contributed by atoms with van der Waals surface area (Å²) in [7, 11) is 0. The molecule has 1 heterocycles. The standard InChI is InChI=1S/C9H12O6/c10-7(11)5-3-9(14-1-2-15-9)4-6(5)8(12)13/h5-6H,1-4H2,(H,10,11)(H,12,13)/t5-,6+. The van der Waals surface area contributed by atoms with Crippen molar-refractivity contribution in [2.24, 2.45) is 11.8 Å². The van der Waals surface area contributed by atoms with Gasteiger partial charge in [-0.2, -0.15) is 0 Å². The van der Waals surface area contributed by atoms with Crippen LogP contribution in [0.15, 0.2) is 0 Å². The highest BCUT2D eigenvalue weighted by molar-refractivity contribution is 5.81. The molecule has 6 nitrogen and oxygen atoms in total. The van der Waals surface area contributed by atoms with Gasteiger partial charge < -0.3 is 19.7 Å². The van der Waals surface area contributed by atoms with Crippen LogP contribution < -0.4 is 0 Å². The van der Waals surface area contributed by atoms with Gasteiger partial charge >= 0.3 is 11.9 Å². The molecule has 1 spiro atoms. The van der Waals surface area contributed by atoms with E-state index >= 15 is 0 Å². The van der Waals surface area contributed by atoms with Gasteiger partial charge in [-0.1, -0.05) is 0 Å². The number of ether oxygens (including phenoxy) is 2. The molecule has 0 amide bonds. The van der Waals surface area contributed by atoms with Crippen LogP contribution in [0.2, 0.25) is 0 Å². The Hall–Kier alpha value is -1.14. The Bertz CT molecular complexity index is 269. The number of carboxylic acids is 2. The highest BCUT2D eigenvalue weighted by Crippen LogP contribution is 2.44. The molecule has 0 bridgehead atoms. The molecule has 1 aliphatic carbocycles. The lowest BCUT2D eigenvalue weighted by atomic mass is 9.97. The Balaban J connectivity index is 2.18. The van der Waals surface area contributed by atoms with E-state index in [0.717, 1.165) is 0 Å². The van der Waals surface area contributed by atoms with Crippen molar-refractivity contribution in [2.45, 2.75) is 18.6 Å². The van der Waals surface area contributed by atoms with E-state index in [-0.39, 0.29) is 12.8 Å². The van der Waals surface area contributed by atoms with E-state index in [1.807, 2.05) is 0 Å². The van der Waals surface area contributed by atoms with E-state index in [1.165, 1.54) is 0 Å². The van der Waals surface area contributed by atoms with Crippen molar-refractivity contribution >= 4 is 11.9 Å². The zero-order chi connectivity index (χ0) is 11.1. The molecule has 1 saturated heterocycles. The maximum Gasteiger partial charge on any atom is 0.307 e. The first kappa shape index (κ1) is 10.4. The van der Waals surface area contributed by atoms with Gasteiger partial charge in [0.05, 0.1) is 25.0 Å². The van der Waals surface area contributed by atoms with Crippen LogP contribution in [-0.4, -0.2) is 41.2 Å². The van der Waals surface area contributed by atoms with Gasteiger partial charge in [0.25, 0.3) is 0 Å². The molecule has 2 fully saturated rings. The van der Waals surface area contributed by atoms with Gasteiger partial charge in [-0.05, 0) is 0 Å². The van der Waals surface area contributed by atoms with Gasteiger partial charge in [-0.15, -0.1) is 0 Å². The predicted octanol–water partition coefficient (Wildman–Crippen LogP) is -0.0751. The highest BCUT2D eigenvalue weighted by atomic mass is 16.7. The number of rotatable bonds is 2. The summed E-state index contributed by atoms with van der Waals surface area (Å²) in [5.74, 6) is -5.00. The topological polar surface area (TPSA) is 93.1 Å². The van der Waals surface area contributed by atoms with E-state index in [4.69, 9.17) is 19.7 Å². The van der Waals surface area contributed by atoms with Crippen molar-refractivity contribution in [1.82, 2.24) is 0 Å². The highest BCUT2D eigenvalue weighted by Gasteiger charge is 2.54. The van der Waals surface area contributed by atoms with Gasteiger partial charge in [0, 0.05) is 12.8 Å². The molecule has 84 valence electrons. The molecule has 15 heavy (non-hydrogen) atoms. The third-order valence-corrected chi connectivity index (χ3v) is 3.00. The van der Waals surface area contributed by atoms with Gasteiger partial charge in [0.15, 0.2) is 5.79 Å². The number of hydrogen-bond acceptors (Lipinski definition) is 4. The molecular formula is C9H12O6. The van der Waals surface area contributed by atoms with Crippen LogP contribution in [-0.2, 0) is 19.1 Å². The van der Waals surface area contributed by atoms with Crippen LogP contribution >= 0.6 is 0 Å². The molecular weight excluding hydrogens is 204 g/mol. The average molecular weight is 216 g/mol. The van der Waals surface area contributed by atoms with E-state index in [2.05, 4.69) is 0 Å². The summed E-state index contributed by atoms with van der Waals surface area (Å²) >= 11 is 0. The van der Waals surface area contributed by atoms with Crippen molar-refractivity contribution in [3.8, 4) is 0 Å². The minimum atomic E-state index is -1.10. The van der Waals surface area contributed by atoms with Crippen molar-refractivity contribution in [2.75, 3.05) is 13.2 Å². The van der Waals surface area contributed by atoms with E-state index in [9.17, 15) is 9.59 Å². The van der Waals surface area contributed by atoms with Crippen LogP contribution in [0, 0.1) is 11.8 Å². The average Bonchev–Trinajstić information content (AvgIpc) is 2.74. The Kier molecular flexibility index (Phi) is 2.40. The Labute approximate surface area is 85.8 Å². The zero-order valence-electron chi connectivity index (χ0n) is 8.01. The number of carbonyl (C=O) groups is 2. The summed E-state index contributed by atoms with van der Waals surface area (Å²) in [6.45, 7) is 0.803. The zero-order valence-corrected chi connectivity index (χ0v) is 8.01. The monoisotopic (exact) mass is 216 g/mol. The van der Waals surface area contributed by atoms with E-state index in [0.29, 0.717) is 13.2 Å². The fourth-order valence-corrected chi connectivity index (χ4v) is 2.29. The lowest BCUT2D eigenvalue weighted by molar-refractivity contribution is -0.161. The molecule has 2 N–H and O–H groups in total. The Morgan fingerprint density at radius 1 is 1.00 bits per heavy atom. The van der Waals surface area contributed by atoms with E-state index in [1.54, 1.807) is 0 Å². The maximum atomic E-state index is 10.9. The number of carboxylic acid groups (broad SMARTS) is 2. The summed E-state index contributed by atoms with van der Waals surface area (Å²) in [5, 5.41) is 17.8. The van der Waals surface area contributed by atoms with Crippen LogP contribution in [0.1, 0.15) is 12.8 Å². The molecule has 1 aliphatic heterocycles. The number of aliphatic carboxylic acids is 2. The fraction of sp³-hybridized carbons (Fsp3) is 0.778. The molecule has 0 aromatic heterocycles. The van der Waals surface area contributed by atoms with Gasteiger partial charge in [0.1, 0.15) is 0 Å². The minimum absolute atomic E-state index is 0.124. The molecule has 2 rings (SSSR count). The second-order valence-electron chi connectivity index (χ2n) is 3.91. The summed E-state index contributed by atoms with van der Waals surface area (Å²) in [6.07, 6.45) is 0.249. The van der Waals surface area contributed by atoms with Crippen LogP contribution in [0.4, 0.5) is 0 Å². The van der Waals surface area contributed by atoms with Crippen molar-refractivity contribution in [1.29, 1.82) is 0 Å².